The normalized spacial score (nSPS) is 10.1. The molecule has 0 saturated heterocycles. The molecule has 0 spiro atoms. The highest BCUT2D eigenvalue weighted by Gasteiger charge is 2.00. The van der Waals surface area contributed by atoms with E-state index in [1.807, 2.05) is 13.0 Å². The SMILES string of the molecule is C=CCNCCc1nc(C)no1. The van der Waals surface area contributed by atoms with Crippen LogP contribution in [0.3, 0.4) is 0 Å². The van der Waals surface area contributed by atoms with Crippen molar-refractivity contribution in [2.75, 3.05) is 13.1 Å². The van der Waals surface area contributed by atoms with Crippen LogP contribution >= 0.6 is 0 Å². The lowest BCUT2D eigenvalue weighted by Gasteiger charge is -1.95. The third-order valence-electron chi connectivity index (χ3n) is 1.37. The van der Waals surface area contributed by atoms with Crippen molar-refractivity contribution in [3.8, 4) is 0 Å². The van der Waals surface area contributed by atoms with Crippen molar-refractivity contribution in [2.24, 2.45) is 0 Å². The van der Waals surface area contributed by atoms with E-state index >= 15 is 0 Å². The van der Waals surface area contributed by atoms with Gasteiger partial charge in [-0.3, -0.25) is 0 Å². The van der Waals surface area contributed by atoms with Crippen LogP contribution in [-0.2, 0) is 6.42 Å². The molecule has 1 aromatic heterocycles. The van der Waals surface area contributed by atoms with Crippen molar-refractivity contribution in [1.29, 1.82) is 0 Å². The number of hydrogen-bond donors (Lipinski definition) is 1. The van der Waals surface area contributed by atoms with Gasteiger partial charge in [-0.2, -0.15) is 4.98 Å². The Labute approximate surface area is 71.7 Å². The first-order chi connectivity index (χ1) is 5.83. The summed E-state index contributed by atoms with van der Waals surface area (Å²) < 4.78 is 4.92. The average molecular weight is 167 g/mol. The minimum absolute atomic E-state index is 0.684. The largest absolute Gasteiger partial charge is 0.339 e. The molecule has 0 fully saturated rings. The number of nitrogens with one attached hydrogen (secondary N) is 1. The highest BCUT2D eigenvalue weighted by Crippen LogP contribution is 1.95. The third kappa shape index (κ3) is 2.84. The first kappa shape index (κ1) is 8.93. The first-order valence-electron chi connectivity index (χ1n) is 3.93. The van der Waals surface area contributed by atoms with Crippen molar-refractivity contribution < 1.29 is 4.52 Å². The summed E-state index contributed by atoms with van der Waals surface area (Å²) in [6.45, 7) is 7.06. The van der Waals surface area contributed by atoms with Gasteiger partial charge in [-0.1, -0.05) is 11.2 Å². The maximum Gasteiger partial charge on any atom is 0.227 e. The molecule has 0 atom stereocenters. The van der Waals surface area contributed by atoms with Gasteiger partial charge < -0.3 is 9.84 Å². The predicted molar refractivity (Wildman–Crippen MR) is 45.8 cm³/mol. The second kappa shape index (κ2) is 4.66. The van der Waals surface area contributed by atoms with E-state index in [1.54, 1.807) is 0 Å². The van der Waals surface area contributed by atoms with E-state index in [0.717, 1.165) is 19.5 Å². The number of nitrogens with zero attached hydrogens (tertiary/aromatic N) is 2. The molecule has 1 rings (SSSR count). The summed E-state index contributed by atoms with van der Waals surface area (Å²) in [7, 11) is 0. The zero-order chi connectivity index (χ0) is 8.81. The predicted octanol–water partition coefficient (Wildman–Crippen LogP) is 0.696. The van der Waals surface area contributed by atoms with Crippen LogP contribution in [0.1, 0.15) is 11.7 Å². The molecule has 0 bridgehead atoms. The van der Waals surface area contributed by atoms with Gasteiger partial charge in [-0.25, -0.2) is 0 Å². The lowest BCUT2D eigenvalue weighted by molar-refractivity contribution is 0.373. The van der Waals surface area contributed by atoms with Crippen LogP contribution in [0.5, 0.6) is 0 Å². The van der Waals surface area contributed by atoms with Gasteiger partial charge >= 0.3 is 0 Å². The zero-order valence-corrected chi connectivity index (χ0v) is 7.21. The van der Waals surface area contributed by atoms with E-state index in [4.69, 9.17) is 4.52 Å². The Bertz CT molecular complexity index is 244. The molecule has 1 N–H and O–H groups in total. The van der Waals surface area contributed by atoms with Crippen LogP contribution < -0.4 is 5.32 Å². The van der Waals surface area contributed by atoms with Crippen molar-refractivity contribution in [3.05, 3.63) is 24.4 Å². The molecule has 4 nitrogen and oxygen atoms in total. The summed E-state index contributed by atoms with van der Waals surface area (Å²) in [5.74, 6) is 1.37. The molecule has 0 aliphatic carbocycles. The Hall–Kier alpha value is -1.16. The zero-order valence-electron chi connectivity index (χ0n) is 7.21. The number of rotatable bonds is 5. The Morgan fingerprint density at radius 3 is 3.08 bits per heavy atom. The highest BCUT2D eigenvalue weighted by molar-refractivity contribution is 4.83. The Morgan fingerprint density at radius 1 is 1.67 bits per heavy atom. The molecule has 0 aliphatic heterocycles. The second-order valence-electron chi connectivity index (χ2n) is 2.48. The van der Waals surface area contributed by atoms with Crippen LogP contribution in [0.2, 0.25) is 0 Å². The van der Waals surface area contributed by atoms with Crippen LogP contribution in [0, 0.1) is 6.92 Å². The van der Waals surface area contributed by atoms with Gasteiger partial charge in [0.1, 0.15) is 0 Å². The maximum absolute atomic E-state index is 4.92. The fourth-order valence-electron chi connectivity index (χ4n) is 0.841. The first-order valence-corrected chi connectivity index (χ1v) is 3.93. The van der Waals surface area contributed by atoms with E-state index in [9.17, 15) is 0 Å². The fourth-order valence-corrected chi connectivity index (χ4v) is 0.841. The summed E-state index contributed by atoms with van der Waals surface area (Å²) in [5, 5.41) is 6.83. The Balaban J connectivity index is 2.19. The summed E-state index contributed by atoms with van der Waals surface area (Å²) >= 11 is 0. The Kier molecular flexibility index (Phi) is 3.47. The third-order valence-corrected chi connectivity index (χ3v) is 1.37. The van der Waals surface area contributed by atoms with Crippen LogP contribution in [0.25, 0.3) is 0 Å². The summed E-state index contributed by atoms with van der Waals surface area (Å²) in [6, 6.07) is 0. The molecule has 1 aromatic rings. The van der Waals surface area contributed by atoms with Gasteiger partial charge in [-0.05, 0) is 6.92 Å². The molecule has 1 heterocycles. The van der Waals surface area contributed by atoms with Gasteiger partial charge in [-0.15, -0.1) is 6.58 Å². The highest BCUT2D eigenvalue weighted by atomic mass is 16.5. The minimum Gasteiger partial charge on any atom is -0.339 e. The summed E-state index contributed by atoms with van der Waals surface area (Å²) in [4.78, 5) is 4.06. The standard InChI is InChI=1S/C8H13N3O/c1-3-5-9-6-4-8-10-7(2)11-12-8/h3,9H,1,4-6H2,2H3. The van der Waals surface area contributed by atoms with Crippen molar-refractivity contribution >= 4 is 0 Å². The molecule has 0 radical (unpaired) electrons. The lowest BCUT2D eigenvalue weighted by Crippen LogP contribution is -2.16. The van der Waals surface area contributed by atoms with E-state index in [0.29, 0.717) is 11.7 Å². The summed E-state index contributed by atoms with van der Waals surface area (Å²) in [6.07, 6.45) is 2.59. The van der Waals surface area contributed by atoms with Gasteiger partial charge in [0.2, 0.25) is 5.89 Å². The maximum atomic E-state index is 4.92. The molecule has 0 saturated carbocycles. The van der Waals surface area contributed by atoms with E-state index in [1.165, 1.54) is 0 Å². The van der Waals surface area contributed by atoms with Crippen molar-refractivity contribution in [3.63, 3.8) is 0 Å². The van der Waals surface area contributed by atoms with Gasteiger partial charge in [0.25, 0.3) is 0 Å². The summed E-state index contributed by atoms with van der Waals surface area (Å²) in [5.41, 5.74) is 0. The van der Waals surface area contributed by atoms with E-state index < -0.39 is 0 Å². The van der Waals surface area contributed by atoms with Crippen molar-refractivity contribution in [1.82, 2.24) is 15.5 Å². The molecule has 4 heteroatoms. The second-order valence-corrected chi connectivity index (χ2v) is 2.48. The topological polar surface area (TPSA) is 51.0 Å². The fraction of sp³-hybridized carbons (Fsp3) is 0.500. The molecular formula is C8H13N3O. The van der Waals surface area contributed by atoms with Crippen molar-refractivity contribution in [2.45, 2.75) is 13.3 Å². The molecule has 0 aliphatic rings. The van der Waals surface area contributed by atoms with Crippen LogP contribution in [0.15, 0.2) is 17.2 Å². The van der Waals surface area contributed by atoms with Gasteiger partial charge in [0.05, 0.1) is 0 Å². The minimum atomic E-state index is 0.684. The van der Waals surface area contributed by atoms with Crippen LogP contribution in [0.4, 0.5) is 0 Å². The Morgan fingerprint density at radius 2 is 2.50 bits per heavy atom. The molecule has 66 valence electrons. The smallest absolute Gasteiger partial charge is 0.227 e. The number of aryl methyl sites for hydroxylation is 1. The molecular weight excluding hydrogens is 154 g/mol. The monoisotopic (exact) mass is 167 g/mol. The number of hydrogen-bond acceptors (Lipinski definition) is 4. The van der Waals surface area contributed by atoms with Gasteiger partial charge in [0.15, 0.2) is 5.82 Å². The quantitative estimate of drug-likeness (QED) is 0.518. The lowest BCUT2D eigenvalue weighted by atomic mass is 10.4. The van der Waals surface area contributed by atoms with E-state index in [-0.39, 0.29) is 0 Å². The molecule has 0 amide bonds. The molecule has 0 unspecified atom stereocenters. The molecule has 12 heavy (non-hydrogen) atoms. The van der Waals surface area contributed by atoms with E-state index in [2.05, 4.69) is 22.0 Å². The average Bonchev–Trinajstić information content (AvgIpc) is 2.45. The molecule has 0 aromatic carbocycles. The number of aromatic nitrogens is 2. The van der Waals surface area contributed by atoms with Gasteiger partial charge in [0, 0.05) is 19.5 Å². The van der Waals surface area contributed by atoms with Crippen LogP contribution in [-0.4, -0.2) is 23.2 Å².